The zero-order valence-electron chi connectivity index (χ0n) is 19.3. The van der Waals surface area contributed by atoms with Gasteiger partial charge in [-0.15, -0.1) is 10.2 Å². The first kappa shape index (κ1) is 23.3. The Balaban J connectivity index is 1.35. The molecule has 180 valence electrons. The van der Waals surface area contributed by atoms with Gasteiger partial charge >= 0.3 is 6.03 Å². The standard InChI is InChI=1S/C26H22N6O3S/c1-18-28-29-25(31(18)21-15-9-4-10-16-21)36-17-22(33)30-32-23(34)26(27-24(32)35,19-11-5-2-6-12-19)20-13-7-3-8-14-20/h2-16H,17H2,1H3,(H,27,35)(H,30,33). The predicted octanol–water partition coefficient (Wildman–Crippen LogP) is 3.19. The minimum Gasteiger partial charge on any atom is -0.314 e. The Morgan fingerprint density at radius 1 is 0.889 bits per heavy atom. The van der Waals surface area contributed by atoms with Gasteiger partial charge in [0.2, 0.25) is 5.91 Å². The molecule has 2 heterocycles. The van der Waals surface area contributed by atoms with Crippen molar-refractivity contribution in [2.24, 2.45) is 0 Å². The third kappa shape index (κ3) is 4.11. The number of carbonyl (C=O) groups is 3. The molecule has 10 heteroatoms. The number of aryl methyl sites for hydroxylation is 1. The topological polar surface area (TPSA) is 109 Å². The van der Waals surface area contributed by atoms with Gasteiger partial charge in [0, 0.05) is 5.69 Å². The van der Waals surface area contributed by atoms with Crippen molar-refractivity contribution < 1.29 is 14.4 Å². The Kier molecular flexibility index (Phi) is 6.26. The predicted molar refractivity (Wildman–Crippen MR) is 134 cm³/mol. The maximum absolute atomic E-state index is 13.7. The highest BCUT2D eigenvalue weighted by atomic mass is 32.2. The fourth-order valence-corrected chi connectivity index (χ4v) is 4.95. The normalized spacial score (nSPS) is 14.5. The third-order valence-electron chi connectivity index (χ3n) is 5.81. The molecule has 4 aromatic rings. The van der Waals surface area contributed by atoms with E-state index in [-0.39, 0.29) is 5.75 Å². The molecule has 3 aromatic carbocycles. The second-order valence-electron chi connectivity index (χ2n) is 8.08. The summed E-state index contributed by atoms with van der Waals surface area (Å²) in [7, 11) is 0. The number of nitrogens with one attached hydrogen (secondary N) is 2. The summed E-state index contributed by atoms with van der Waals surface area (Å²) in [4.78, 5) is 39.5. The van der Waals surface area contributed by atoms with Crippen molar-refractivity contribution in [2.75, 3.05) is 5.75 Å². The number of imide groups is 1. The number of rotatable bonds is 7. The molecule has 1 aliphatic rings. The van der Waals surface area contributed by atoms with E-state index in [1.807, 2.05) is 54.0 Å². The summed E-state index contributed by atoms with van der Waals surface area (Å²) in [6, 6.07) is 26.7. The monoisotopic (exact) mass is 498 g/mol. The molecule has 36 heavy (non-hydrogen) atoms. The second-order valence-corrected chi connectivity index (χ2v) is 9.02. The van der Waals surface area contributed by atoms with Crippen LogP contribution in [0.5, 0.6) is 0 Å². The van der Waals surface area contributed by atoms with E-state index in [9.17, 15) is 14.4 Å². The summed E-state index contributed by atoms with van der Waals surface area (Å²) in [5, 5.41) is 12.4. The van der Waals surface area contributed by atoms with Crippen molar-refractivity contribution in [3.8, 4) is 5.69 Å². The first-order valence-electron chi connectivity index (χ1n) is 11.2. The van der Waals surface area contributed by atoms with Gasteiger partial charge in [0.15, 0.2) is 10.7 Å². The maximum atomic E-state index is 13.7. The Morgan fingerprint density at radius 3 is 2.03 bits per heavy atom. The van der Waals surface area contributed by atoms with Crippen LogP contribution in [0.2, 0.25) is 0 Å². The zero-order valence-corrected chi connectivity index (χ0v) is 20.1. The Morgan fingerprint density at radius 2 is 1.44 bits per heavy atom. The summed E-state index contributed by atoms with van der Waals surface area (Å²) < 4.78 is 1.83. The van der Waals surface area contributed by atoms with Gasteiger partial charge in [0.05, 0.1) is 5.75 Å². The van der Waals surface area contributed by atoms with E-state index in [0.717, 1.165) is 22.5 Å². The highest BCUT2D eigenvalue weighted by Crippen LogP contribution is 2.35. The smallest absolute Gasteiger partial charge is 0.314 e. The van der Waals surface area contributed by atoms with E-state index in [4.69, 9.17) is 0 Å². The number of urea groups is 1. The van der Waals surface area contributed by atoms with Crippen LogP contribution in [0.4, 0.5) is 4.79 Å². The summed E-state index contributed by atoms with van der Waals surface area (Å²) >= 11 is 1.16. The van der Waals surface area contributed by atoms with Gasteiger partial charge in [-0.1, -0.05) is 90.6 Å². The molecule has 5 rings (SSSR count). The zero-order chi connectivity index (χ0) is 25.1. The number of para-hydroxylation sites is 1. The maximum Gasteiger partial charge on any atom is 0.344 e. The Labute approximate surface area is 211 Å². The molecule has 0 unspecified atom stereocenters. The van der Waals surface area contributed by atoms with E-state index in [0.29, 0.717) is 22.1 Å². The van der Waals surface area contributed by atoms with Gasteiger partial charge in [0.25, 0.3) is 5.91 Å². The molecule has 0 saturated carbocycles. The molecule has 1 saturated heterocycles. The Hall–Kier alpha value is -4.44. The fraction of sp³-hybridized carbons (Fsp3) is 0.115. The van der Waals surface area contributed by atoms with Crippen LogP contribution >= 0.6 is 11.8 Å². The van der Waals surface area contributed by atoms with E-state index in [1.165, 1.54) is 0 Å². The van der Waals surface area contributed by atoms with Crippen LogP contribution in [-0.4, -0.2) is 43.4 Å². The number of aromatic nitrogens is 3. The lowest BCUT2D eigenvalue weighted by molar-refractivity contribution is -0.137. The first-order chi connectivity index (χ1) is 17.5. The number of benzene rings is 3. The van der Waals surface area contributed by atoms with Crippen LogP contribution in [-0.2, 0) is 15.1 Å². The minimum absolute atomic E-state index is 0.0777. The quantitative estimate of drug-likeness (QED) is 0.299. The van der Waals surface area contributed by atoms with Gasteiger partial charge < -0.3 is 5.32 Å². The lowest BCUT2D eigenvalue weighted by Gasteiger charge is -2.27. The molecular weight excluding hydrogens is 476 g/mol. The van der Waals surface area contributed by atoms with Gasteiger partial charge in [-0.3, -0.25) is 19.6 Å². The number of hydrogen-bond acceptors (Lipinski definition) is 6. The molecule has 0 bridgehead atoms. The third-order valence-corrected chi connectivity index (χ3v) is 6.74. The number of carbonyl (C=O) groups excluding carboxylic acids is 3. The second kappa shape index (κ2) is 9.67. The number of nitrogens with zero attached hydrogens (tertiary/aromatic N) is 4. The van der Waals surface area contributed by atoms with Gasteiger partial charge in [-0.25, -0.2) is 4.79 Å². The number of amides is 4. The molecule has 0 atom stereocenters. The van der Waals surface area contributed by atoms with Crippen molar-refractivity contribution in [1.29, 1.82) is 0 Å². The molecule has 0 aliphatic carbocycles. The average molecular weight is 499 g/mol. The van der Waals surface area contributed by atoms with E-state index >= 15 is 0 Å². The minimum atomic E-state index is -1.45. The number of thioether (sulfide) groups is 1. The molecule has 2 N–H and O–H groups in total. The fourth-order valence-electron chi connectivity index (χ4n) is 4.16. The molecule has 0 radical (unpaired) electrons. The van der Waals surface area contributed by atoms with Crippen LogP contribution in [0.25, 0.3) is 5.69 Å². The average Bonchev–Trinajstić information content (AvgIpc) is 3.41. The Bertz CT molecular complexity index is 1370. The molecule has 1 aliphatic heterocycles. The van der Waals surface area contributed by atoms with Crippen molar-refractivity contribution in [2.45, 2.75) is 17.6 Å². The summed E-state index contributed by atoms with van der Waals surface area (Å²) in [5.41, 5.74) is 3.06. The highest BCUT2D eigenvalue weighted by molar-refractivity contribution is 7.99. The molecule has 9 nitrogen and oxygen atoms in total. The first-order valence-corrected chi connectivity index (χ1v) is 12.2. The van der Waals surface area contributed by atoms with Crippen molar-refractivity contribution in [1.82, 2.24) is 30.5 Å². The summed E-state index contributed by atoms with van der Waals surface area (Å²) in [5.74, 6) is -0.521. The lowest BCUT2D eigenvalue weighted by Crippen LogP contribution is -2.49. The van der Waals surface area contributed by atoms with Crippen molar-refractivity contribution in [3.63, 3.8) is 0 Å². The van der Waals surface area contributed by atoms with E-state index < -0.39 is 23.4 Å². The SMILES string of the molecule is Cc1nnc(SCC(=O)NN2C(=O)NC(c3ccccc3)(c3ccccc3)C2=O)n1-c1ccccc1. The van der Waals surface area contributed by atoms with Crippen molar-refractivity contribution >= 4 is 29.6 Å². The molecule has 1 fully saturated rings. The van der Waals surface area contributed by atoms with Crippen LogP contribution in [0.15, 0.2) is 96.2 Å². The molecule has 4 amide bonds. The van der Waals surface area contributed by atoms with Crippen LogP contribution < -0.4 is 10.7 Å². The molecular formula is C26H22N6O3S. The van der Waals surface area contributed by atoms with Gasteiger partial charge in [-0.2, -0.15) is 5.01 Å². The van der Waals surface area contributed by atoms with Gasteiger partial charge in [-0.05, 0) is 30.2 Å². The van der Waals surface area contributed by atoms with E-state index in [2.05, 4.69) is 20.9 Å². The van der Waals surface area contributed by atoms with Crippen LogP contribution in [0, 0.1) is 6.92 Å². The summed E-state index contributed by atoms with van der Waals surface area (Å²) in [6.45, 7) is 1.82. The molecule has 0 spiro atoms. The van der Waals surface area contributed by atoms with E-state index in [1.54, 1.807) is 48.5 Å². The summed E-state index contributed by atoms with van der Waals surface area (Å²) in [6.07, 6.45) is 0. The molecule has 1 aromatic heterocycles. The number of hydrogen-bond donors (Lipinski definition) is 2. The van der Waals surface area contributed by atoms with Gasteiger partial charge in [0.1, 0.15) is 5.82 Å². The van der Waals surface area contributed by atoms with Crippen LogP contribution in [0.3, 0.4) is 0 Å². The van der Waals surface area contributed by atoms with Crippen LogP contribution in [0.1, 0.15) is 17.0 Å². The highest BCUT2D eigenvalue weighted by Gasteiger charge is 2.54. The number of hydrazine groups is 1. The lowest BCUT2D eigenvalue weighted by atomic mass is 9.83. The largest absolute Gasteiger partial charge is 0.344 e. The van der Waals surface area contributed by atoms with Crippen molar-refractivity contribution in [3.05, 3.63) is 108 Å².